The number of aliphatic hydroxyl groups excluding tert-OH is 1. The molecule has 5 nitrogen and oxygen atoms in total. The van der Waals surface area contributed by atoms with Crippen LogP contribution < -0.4 is 4.72 Å². The number of carbonyl (C=O) groups is 1. The van der Waals surface area contributed by atoms with Crippen LogP contribution in [-0.2, 0) is 9.53 Å². The lowest BCUT2D eigenvalue weighted by atomic mass is 10.4. The van der Waals surface area contributed by atoms with E-state index in [2.05, 4.69) is 4.72 Å². The van der Waals surface area contributed by atoms with Gasteiger partial charge in [0.1, 0.15) is 6.10 Å². The lowest BCUT2D eigenvalue weighted by Crippen LogP contribution is -2.36. The summed E-state index contributed by atoms with van der Waals surface area (Å²) >= 11 is 1.23. The highest BCUT2D eigenvalue weighted by atomic mass is 32.2. The van der Waals surface area contributed by atoms with Crippen molar-refractivity contribution >= 4 is 18.0 Å². The summed E-state index contributed by atoms with van der Waals surface area (Å²) in [5.41, 5.74) is 0. The number of rotatable bonds is 3. The number of morpholine rings is 1. The standard InChI is InChI=1S/C7H14N2O3S.C2H6/c1-6(10)7(11)8-13-9-2-4-12-5-3-9;1-2/h6,10H,2-5H2,1H3,(H,8,11);1-2H3. The Bertz CT molecular complexity index is 173. The molecule has 1 heterocycles. The van der Waals surface area contributed by atoms with Crippen molar-refractivity contribution in [3.05, 3.63) is 0 Å². The number of hydrogen-bond acceptors (Lipinski definition) is 5. The molecule has 0 bridgehead atoms. The van der Waals surface area contributed by atoms with E-state index >= 15 is 0 Å². The molecule has 1 unspecified atom stereocenters. The second-order valence-corrected chi connectivity index (χ2v) is 3.68. The second-order valence-electron chi connectivity index (χ2n) is 2.77. The molecule has 1 aliphatic rings. The molecule has 15 heavy (non-hydrogen) atoms. The fourth-order valence-corrected chi connectivity index (χ4v) is 1.55. The highest BCUT2D eigenvalue weighted by Crippen LogP contribution is 2.07. The van der Waals surface area contributed by atoms with Gasteiger partial charge in [-0.25, -0.2) is 4.31 Å². The van der Waals surface area contributed by atoms with Crippen molar-refractivity contribution in [3.8, 4) is 0 Å². The summed E-state index contributed by atoms with van der Waals surface area (Å²) in [6, 6.07) is 0. The molecule has 1 rings (SSSR count). The molecular weight excluding hydrogens is 216 g/mol. The van der Waals surface area contributed by atoms with Crippen LogP contribution in [0.25, 0.3) is 0 Å². The molecule has 0 radical (unpaired) electrons. The van der Waals surface area contributed by atoms with E-state index in [0.29, 0.717) is 13.2 Å². The zero-order valence-corrected chi connectivity index (χ0v) is 10.3. The predicted molar refractivity (Wildman–Crippen MR) is 61.2 cm³/mol. The van der Waals surface area contributed by atoms with Crippen LogP contribution in [0.2, 0.25) is 0 Å². The van der Waals surface area contributed by atoms with Crippen LogP contribution >= 0.6 is 12.1 Å². The van der Waals surface area contributed by atoms with E-state index in [4.69, 9.17) is 9.84 Å². The highest BCUT2D eigenvalue weighted by Gasteiger charge is 2.14. The highest BCUT2D eigenvalue weighted by molar-refractivity contribution is 7.95. The van der Waals surface area contributed by atoms with Crippen molar-refractivity contribution in [1.29, 1.82) is 0 Å². The molecule has 0 aromatic carbocycles. The van der Waals surface area contributed by atoms with Gasteiger partial charge in [0, 0.05) is 25.2 Å². The summed E-state index contributed by atoms with van der Waals surface area (Å²) in [7, 11) is 0. The number of amides is 1. The fourth-order valence-electron chi connectivity index (χ4n) is 0.833. The second kappa shape index (κ2) is 8.96. The first-order valence-corrected chi connectivity index (χ1v) is 5.95. The van der Waals surface area contributed by atoms with Crippen LogP contribution in [0.5, 0.6) is 0 Å². The molecule has 2 N–H and O–H groups in total. The van der Waals surface area contributed by atoms with Gasteiger partial charge >= 0.3 is 0 Å². The first-order valence-electron chi connectivity index (χ1n) is 5.17. The van der Waals surface area contributed by atoms with Gasteiger partial charge in [-0.15, -0.1) is 0 Å². The summed E-state index contributed by atoms with van der Waals surface area (Å²) in [4.78, 5) is 10.9. The molecule has 0 aliphatic carbocycles. The number of hydrogen-bond donors (Lipinski definition) is 2. The van der Waals surface area contributed by atoms with Gasteiger partial charge in [0.25, 0.3) is 5.91 Å². The van der Waals surface area contributed by atoms with Gasteiger partial charge in [-0.2, -0.15) is 0 Å². The van der Waals surface area contributed by atoms with Crippen molar-refractivity contribution in [1.82, 2.24) is 9.03 Å². The molecule has 6 heteroatoms. The van der Waals surface area contributed by atoms with Gasteiger partial charge in [0.2, 0.25) is 0 Å². The summed E-state index contributed by atoms with van der Waals surface area (Å²) in [5.74, 6) is -0.364. The monoisotopic (exact) mass is 236 g/mol. The molecule has 1 amide bonds. The van der Waals surface area contributed by atoms with E-state index in [1.807, 2.05) is 18.2 Å². The smallest absolute Gasteiger partial charge is 0.259 e. The summed E-state index contributed by atoms with van der Waals surface area (Å²) < 4.78 is 9.68. The first kappa shape index (κ1) is 14.7. The number of carbonyl (C=O) groups excluding carboxylic acids is 1. The van der Waals surface area contributed by atoms with Crippen LogP contribution in [0, 0.1) is 0 Å². The van der Waals surface area contributed by atoms with Crippen LogP contribution in [-0.4, -0.2) is 47.7 Å². The van der Waals surface area contributed by atoms with E-state index in [-0.39, 0.29) is 5.91 Å². The Morgan fingerprint density at radius 2 is 2.00 bits per heavy atom. The maximum atomic E-state index is 10.9. The number of nitrogens with one attached hydrogen (secondary N) is 1. The summed E-state index contributed by atoms with van der Waals surface area (Å²) in [6.45, 7) is 8.42. The van der Waals surface area contributed by atoms with Crippen molar-refractivity contribution in [2.75, 3.05) is 26.3 Å². The number of ether oxygens (including phenoxy) is 1. The summed E-state index contributed by atoms with van der Waals surface area (Å²) in [6.07, 6.45) is -0.950. The lowest BCUT2D eigenvalue weighted by molar-refractivity contribution is -0.126. The summed E-state index contributed by atoms with van der Waals surface area (Å²) in [5, 5.41) is 8.88. The van der Waals surface area contributed by atoms with E-state index in [0.717, 1.165) is 13.1 Å². The quantitative estimate of drug-likeness (QED) is 0.695. The Kier molecular flexibility index (Phi) is 8.79. The van der Waals surface area contributed by atoms with E-state index in [1.165, 1.54) is 19.1 Å². The maximum absolute atomic E-state index is 10.9. The SMILES string of the molecule is CC.CC(O)C(=O)NSN1CCOCC1. The van der Waals surface area contributed by atoms with Crippen LogP contribution in [0.4, 0.5) is 0 Å². The molecule has 0 aromatic heterocycles. The normalized spacial score (nSPS) is 18.7. The molecule has 1 saturated heterocycles. The zero-order chi connectivity index (χ0) is 11.7. The molecule has 0 spiro atoms. The molecule has 0 saturated carbocycles. The average Bonchev–Trinajstić information content (AvgIpc) is 2.30. The number of aliphatic hydroxyl groups is 1. The first-order chi connectivity index (χ1) is 7.20. The third kappa shape index (κ3) is 6.72. The van der Waals surface area contributed by atoms with Crippen LogP contribution in [0.1, 0.15) is 20.8 Å². The van der Waals surface area contributed by atoms with Crippen molar-refractivity contribution in [3.63, 3.8) is 0 Å². The predicted octanol–water partition coefficient (Wildman–Crippen LogP) is 0.405. The lowest BCUT2D eigenvalue weighted by Gasteiger charge is -2.24. The Morgan fingerprint density at radius 3 is 2.47 bits per heavy atom. The van der Waals surface area contributed by atoms with Gasteiger partial charge in [-0.05, 0) is 6.92 Å². The Morgan fingerprint density at radius 1 is 1.47 bits per heavy atom. The largest absolute Gasteiger partial charge is 0.384 e. The minimum absolute atomic E-state index is 0.364. The maximum Gasteiger partial charge on any atom is 0.259 e. The molecule has 90 valence electrons. The van der Waals surface area contributed by atoms with Crippen LogP contribution in [0.15, 0.2) is 0 Å². The zero-order valence-electron chi connectivity index (χ0n) is 9.52. The van der Waals surface area contributed by atoms with Gasteiger partial charge < -0.3 is 9.84 Å². The van der Waals surface area contributed by atoms with Crippen molar-refractivity contribution in [2.24, 2.45) is 0 Å². The molecule has 1 atom stereocenters. The Hall–Kier alpha value is -0.300. The van der Waals surface area contributed by atoms with Gasteiger partial charge in [-0.1, -0.05) is 13.8 Å². The third-order valence-corrected chi connectivity index (χ3v) is 2.54. The molecule has 1 fully saturated rings. The minimum atomic E-state index is -0.950. The fraction of sp³-hybridized carbons (Fsp3) is 0.889. The van der Waals surface area contributed by atoms with Crippen LogP contribution in [0.3, 0.4) is 0 Å². The Balaban J connectivity index is 0.000000921. The van der Waals surface area contributed by atoms with Crippen molar-refractivity contribution < 1.29 is 14.6 Å². The van der Waals surface area contributed by atoms with Gasteiger partial charge in [0.05, 0.1) is 13.2 Å². The van der Waals surface area contributed by atoms with E-state index < -0.39 is 6.10 Å². The van der Waals surface area contributed by atoms with Crippen molar-refractivity contribution in [2.45, 2.75) is 26.9 Å². The average molecular weight is 236 g/mol. The topological polar surface area (TPSA) is 61.8 Å². The van der Waals surface area contributed by atoms with E-state index in [9.17, 15) is 4.79 Å². The minimum Gasteiger partial charge on any atom is -0.384 e. The van der Waals surface area contributed by atoms with Gasteiger partial charge in [-0.3, -0.25) is 9.52 Å². The van der Waals surface area contributed by atoms with E-state index in [1.54, 1.807) is 0 Å². The Labute approximate surface area is 95.4 Å². The molecular formula is C9H20N2O3S. The molecule has 0 aromatic rings. The van der Waals surface area contributed by atoms with Gasteiger partial charge in [0.15, 0.2) is 0 Å². The number of nitrogens with zero attached hydrogens (tertiary/aromatic N) is 1. The molecule has 1 aliphatic heterocycles. The third-order valence-electron chi connectivity index (χ3n) is 1.62.